The van der Waals surface area contributed by atoms with Crippen LogP contribution in [0.4, 0.5) is 0 Å². The first kappa shape index (κ1) is 22.1. The van der Waals surface area contributed by atoms with E-state index in [1.807, 2.05) is 20.8 Å². The van der Waals surface area contributed by atoms with Gasteiger partial charge < -0.3 is 13.3 Å². The van der Waals surface area contributed by atoms with Crippen molar-refractivity contribution in [1.82, 2.24) is 0 Å². The average Bonchev–Trinajstić information content (AvgIpc) is 2.49. The standard InChI is InChI=1S/C16H34O4SSi/c1-5-9-10-11-13-16(17)21-14-12-15-22(18-6-2,19-7-3)20-8-4/h5-15H2,1-4H3. The van der Waals surface area contributed by atoms with Gasteiger partial charge in [0.25, 0.3) is 0 Å². The summed E-state index contributed by atoms with van der Waals surface area (Å²) in [6.07, 6.45) is 6.23. The highest BCUT2D eigenvalue weighted by molar-refractivity contribution is 8.13. The maximum absolute atomic E-state index is 11.8. The molecular weight excluding hydrogens is 316 g/mol. The van der Waals surface area contributed by atoms with Crippen molar-refractivity contribution in [3.63, 3.8) is 0 Å². The van der Waals surface area contributed by atoms with Gasteiger partial charge in [-0.25, -0.2) is 0 Å². The SMILES string of the molecule is CCCCCCC(=O)SCCC[Si](OCC)(OCC)OCC. The zero-order valence-electron chi connectivity index (χ0n) is 14.8. The van der Waals surface area contributed by atoms with Crippen molar-refractivity contribution in [2.45, 2.75) is 72.3 Å². The van der Waals surface area contributed by atoms with Gasteiger partial charge in [-0.1, -0.05) is 37.9 Å². The molecule has 0 bridgehead atoms. The molecular formula is C16H34O4SSi. The second-order valence-corrected chi connectivity index (χ2v) is 9.00. The monoisotopic (exact) mass is 350 g/mol. The second-order valence-electron chi connectivity index (χ2n) is 5.12. The summed E-state index contributed by atoms with van der Waals surface area (Å²) in [7, 11) is -2.53. The van der Waals surface area contributed by atoms with E-state index in [4.69, 9.17) is 13.3 Å². The molecule has 0 amide bonds. The first-order chi connectivity index (χ1) is 10.6. The number of hydrogen-bond donors (Lipinski definition) is 0. The minimum Gasteiger partial charge on any atom is -0.374 e. The normalized spacial score (nSPS) is 11.8. The number of carbonyl (C=O) groups is 1. The van der Waals surface area contributed by atoms with Crippen LogP contribution in [0.15, 0.2) is 0 Å². The fourth-order valence-electron chi connectivity index (χ4n) is 2.24. The lowest BCUT2D eigenvalue weighted by Crippen LogP contribution is -2.46. The third-order valence-electron chi connectivity index (χ3n) is 3.22. The van der Waals surface area contributed by atoms with Gasteiger partial charge in [0.1, 0.15) is 0 Å². The quantitative estimate of drug-likeness (QED) is 0.317. The van der Waals surface area contributed by atoms with Crippen molar-refractivity contribution in [2.75, 3.05) is 25.6 Å². The lowest BCUT2D eigenvalue weighted by molar-refractivity contribution is -0.111. The molecule has 6 heteroatoms. The molecule has 0 N–H and O–H groups in total. The number of hydrogen-bond acceptors (Lipinski definition) is 5. The molecule has 0 spiro atoms. The first-order valence-electron chi connectivity index (χ1n) is 8.71. The Bertz CT molecular complexity index is 260. The largest absolute Gasteiger partial charge is 0.500 e. The van der Waals surface area contributed by atoms with Crippen LogP contribution in [0.1, 0.15) is 66.2 Å². The van der Waals surface area contributed by atoms with Gasteiger partial charge >= 0.3 is 8.80 Å². The van der Waals surface area contributed by atoms with E-state index in [2.05, 4.69) is 6.92 Å². The van der Waals surface area contributed by atoms with E-state index in [1.54, 1.807) is 0 Å². The highest BCUT2D eigenvalue weighted by atomic mass is 32.2. The van der Waals surface area contributed by atoms with E-state index in [0.29, 0.717) is 31.4 Å². The van der Waals surface area contributed by atoms with Gasteiger partial charge in [0.15, 0.2) is 5.12 Å². The highest BCUT2D eigenvalue weighted by Crippen LogP contribution is 2.21. The third kappa shape index (κ3) is 10.8. The molecule has 0 radical (unpaired) electrons. The summed E-state index contributed by atoms with van der Waals surface area (Å²) in [5.74, 6) is 0.828. The van der Waals surface area contributed by atoms with Gasteiger partial charge in [0.2, 0.25) is 0 Å². The number of rotatable bonds is 15. The van der Waals surface area contributed by atoms with E-state index >= 15 is 0 Å². The van der Waals surface area contributed by atoms with Gasteiger partial charge in [0.05, 0.1) is 0 Å². The Kier molecular flexibility index (Phi) is 14.8. The summed E-state index contributed by atoms with van der Waals surface area (Å²) in [6.45, 7) is 9.90. The topological polar surface area (TPSA) is 44.8 Å². The molecule has 132 valence electrons. The molecule has 0 heterocycles. The van der Waals surface area contributed by atoms with Crippen LogP contribution in [0.2, 0.25) is 6.04 Å². The maximum atomic E-state index is 11.8. The Morgan fingerprint density at radius 1 is 0.864 bits per heavy atom. The third-order valence-corrected chi connectivity index (χ3v) is 7.39. The number of carbonyl (C=O) groups excluding carboxylic acids is 1. The minimum absolute atomic E-state index is 0.313. The van der Waals surface area contributed by atoms with Crippen molar-refractivity contribution in [1.29, 1.82) is 0 Å². The van der Waals surface area contributed by atoms with Crippen LogP contribution in [0.5, 0.6) is 0 Å². The molecule has 0 saturated carbocycles. The van der Waals surface area contributed by atoms with Gasteiger partial charge in [0, 0.05) is 38.0 Å². The van der Waals surface area contributed by atoms with Crippen molar-refractivity contribution in [3.05, 3.63) is 0 Å². The molecule has 0 aliphatic heterocycles. The van der Waals surface area contributed by atoms with Gasteiger partial charge in [-0.15, -0.1) is 0 Å². The predicted octanol–water partition coefficient (Wildman–Crippen LogP) is 4.66. The van der Waals surface area contributed by atoms with Crippen LogP contribution in [-0.4, -0.2) is 39.5 Å². The van der Waals surface area contributed by atoms with E-state index in [0.717, 1.165) is 31.1 Å². The smallest absolute Gasteiger partial charge is 0.374 e. The lowest BCUT2D eigenvalue weighted by atomic mass is 10.2. The molecule has 0 aliphatic carbocycles. The molecule has 0 aromatic rings. The average molecular weight is 351 g/mol. The van der Waals surface area contributed by atoms with Gasteiger partial charge in [-0.3, -0.25) is 4.79 Å². The molecule has 0 aromatic carbocycles. The fraction of sp³-hybridized carbons (Fsp3) is 0.938. The van der Waals surface area contributed by atoms with E-state index in [1.165, 1.54) is 24.6 Å². The Hall–Kier alpha value is 0.117. The van der Waals surface area contributed by atoms with Gasteiger partial charge in [-0.2, -0.15) is 0 Å². The Morgan fingerprint density at radius 2 is 1.45 bits per heavy atom. The zero-order chi connectivity index (χ0) is 16.7. The predicted molar refractivity (Wildman–Crippen MR) is 96.3 cm³/mol. The summed E-state index contributed by atoms with van der Waals surface area (Å²) in [5, 5.41) is 0.313. The second kappa shape index (κ2) is 14.7. The van der Waals surface area contributed by atoms with Crippen LogP contribution in [0, 0.1) is 0 Å². The zero-order valence-corrected chi connectivity index (χ0v) is 16.6. The molecule has 0 unspecified atom stereocenters. The van der Waals surface area contributed by atoms with Crippen molar-refractivity contribution in [2.24, 2.45) is 0 Å². The molecule has 22 heavy (non-hydrogen) atoms. The molecule has 0 rings (SSSR count). The summed E-state index contributed by atoms with van der Waals surface area (Å²) >= 11 is 1.45. The van der Waals surface area contributed by atoms with Crippen molar-refractivity contribution in [3.8, 4) is 0 Å². The number of thioether (sulfide) groups is 1. The van der Waals surface area contributed by atoms with Crippen molar-refractivity contribution >= 4 is 25.7 Å². The number of unbranched alkanes of at least 4 members (excludes halogenated alkanes) is 3. The fourth-order valence-corrected chi connectivity index (χ4v) is 5.92. The van der Waals surface area contributed by atoms with E-state index < -0.39 is 8.80 Å². The Balaban J connectivity index is 3.98. The Morgan fingerprint density at radius 3 is 1.95 bits per heavy atom. The van der Waals surface area contributed by atoms with Crippen LogP contribution in [-0.2, 0) is 18.1 Å². The summed E-state index contributed by atoms with van der Waals surface area (Å²) in [4.78, 5) is 11.8. The maximum Gasteiger partial charge on any atom is 0.500 e. The Labute approximate surface area is 142 Å². The summed E-state index contributed by atoms with van der Waals surface area (Å²) < 4.78 is 17.4. The van der Waals surface area contributed by atoms with Crippen LogP contribution in [0.3, 0.4) is 0 Å². The summed E-state index contributed by atoms with van der Waals surface area (Å²) in [6, 6.07) is 0.790. The summed E-state index contributed by atoms with van der Waals surface area (Å²) in [5.41, 5.74) is 0. The van der Waals surface area contributed by atoms with Crippen LogP contribution >= 0.6 is 11.8 Å². The van der Waals surface area contributed by atoms with Gasteiger partial charge in [-0.05, 0) is 33.6 Å². The highest BCUT2D eigenvalue weighted by Gasteiger charge is 2.39. The molecule has 4 nitrogen and oxygen atoms in total. The van der Waals surface area contributed by atoms with Crippen LogP contribution < -0.4 is 0 Å². The molecule has 0 aromatic heterocycles. The molecule has 0 aliphatic rings. The minimum atomic E-state index is -2.53. The molecule has 0 saturated heterocycles. The van der Waals surface area contributed by atoms with Crippen LogP contribution in [0.25, 0.3) is 0 Å². The van der Waals surface area contributed by atoms with Crippen molar-refractivity contribution < 1.29 is 18.1 Å². The van der Waals surface area contributed by atoms with E-state index in [9.17, 15) is 4.79 Å². The molecule has 0 fully saturated rings. The molecule has 0 atom stereocenters. The lowest BCUT2D eigenvalue weighted by Gasteiger charge is -2.28. The van der Waals surface area contributed by atoms with E-state index in [-0.39, 0.29) is 0 Å². The first-order valence-corrected chi connectivity index (χ1v) is 11.6.